The lowest BCUT2D eigenvalue weighted by molar-refractivity contribution is -0.154. The summed E-state index contributed by atoms with van der Waals surface area (Å²) in [5.41, 5.74) is 0. The number of rotatable bonds is 5. The Hall–Kier alpha value is -1.92. The van der Waals surface area contributed by atoms with E-state index >= 15 is 0 Å². The maximum atomic E-state index is 7.03. The van der Waals surface area contributed by atoms with Crippen molar-refractivity contribution in [3.63, 3.8) is 0 Å². The molecule has 0 bridgehead atoms. The van der Waals surface area contributed by atoms with Crippen molar-refractivity contribution in [3.05, 3.63) is 73.0 Å². The molecular formula is C25H32O4Si. The summed E-state index contributed by atoms with van der Waals surface area (Å²) in [5.74, 6) is -0.622. The third-order valence-corrected chi connectivity index (χ3v) is 10.9. The van der Waals surface area contributed by atoms with E-state index in [0.717, 1.165) is 0 Å². The van der Waals surface area contributed by atoms with Gasteiger partial charge in [0, 0.05) is 0 Å². The summed E-state index contributed by atoms with van der Waals surface area (Å²) >= 11 is 0. The summed E-state index contributed by atoms with van der Waals surface area (Å²) in [4.78, 5) is 0. The van der Waals surface area contributed by atoms with E-state index in [1.165, 1.54) is 10.4 Å². The lowest BCUT2D eigenvalue weighted by Crippen LogP contribution is -2.67. The standard InChI is InChI=1S/C25H32O4Si/c1-24(2,3)30(19-12-8-6-9-13-19,20-14-10-7-11-15-20)27-18-22-23-21(16-17-26-22)28-25(4,5)29-23/h6-17,21-23H,18H2,1-5H3/t21-,22+,23-/m0/s1. The zero-order chi connectivity index (χ0) is 21.4. The van der Waals surface area contributed by atoms with Crippen LogP contribution >= 0.6 is 0 Å². The number of fused-ring (bicyclic) bond motifs is 1. The maximum absolute atomic E-state index is 7.03. The van der Waals surface area contributed by atoms with Crippen LogP contribution in [0.4, 0.5) is 0 Å². The van der Waals surface area contributed by atoms with Gasteiger partial charge in [-0.2, -0.15) is 0 Å². The number of benzene rings is 2. The predicted octanol–water partition coefficient (Wildman–Crippen LogP) is 4.00. The van der Waals surface area contributed by atoms with E-state index in [-0.39, 0.29) is 23.4 Å². The Labute approximate surface area is 180 Å². The summed E-state index contributed by atoms with van der Waals surface area (Å²) in [7, 11) is -2.61. The van der Waals surface area contributed by atoms with Crippen LogP contribution in [0.1, 0.15) is 34.6 Å². The summed E-state index contributed by atoms with van der Waals surface area (Å²) in [5, 5.41) is 2.44. The Balaban J connectivity index is 1.70. The molecule has 1 saturated heterocycles. The monoisotopic (exact) mass is 424 g/mol. The van der Waals surface area contributed by atoms with E-state index in [2.05, 4.69) is 81.4 Å². The van der Waals surface area contributed by atoms with E-state index in [1.54, 1.807) is 6.26 Å². The van der Waals surface area contributed by atoms with Gasteiger partial charge in [-0.3, -0.25) is 0 Å². The molecule has 5 heteroatoms. The van der Waals surface area contributed by atoms with Crippen molar-refractivity contribution in [2.24, 2.45) is 0 Å². The first-order valence-electron chi connectivity index (χ1n) is 10.7. The average Bonchev–Trinajstić information content (AvgIpc) is 3.03. The molecule has 0 radical (unpaired) electrons. The van der Waals surface area contributed by atoms with Crippen LogP contribution in [-0.2, 0) is 18.6 Å². The molecular weight excluding hydrogens is 392 g/mol. The molecule has 0 N–H and O–H groups in total. The van der Waals surface area contributed by atoms with Gasteiger partial charge in [0.15, 0.2) is 5.79 Å². The molecule has 160 valence electrons. The van der Waals surface area contributed by atoms with Crippen LogP contribution in [0.2, 0.25) is 5.04 Å². The second-order valence-electron chi connectivity index (χ2n) is 9.54. The number of ether oxygens (including phenoxy) is 3. The van der Waals surface area contributed by atoms with Crippen molar-refractivity contribution < 1.29 is 18.6 Å². The van der Waals surface area contributed by atoms with Gasteiger partial charge in [-0.25, -0.2) is 0 Å². The topological polar surface area (TPSA) is 36.9 Å². The fourth-order valence-electron chi connectivity index (χ4n) is 4.66. The predicted molar refractivity (Wildman–Crippen MR) is 121 cm³/mol. The van der Waals surface area contributed by atoms with Gasteiger partial charge in [-0.05, 0) is 35.3 Å². The van der Waals surface area contributed by atoms with Gasteiger partial charge in [-0.15, -0.1) is 0 Å². The van der Waals surface area contributed by atoms with E-state index in [4.69, 9.17) is 18.6 Å². The van der Waals surface area contributed by atoms with Crippen molar-refractivity contribution in [2.75, 3.05) is 6.61 Å². The molecule has 0 aromatic heterocycles. The second kappa shape index (κ2) is 7.97. The van der Waals surface area contributed by atoms with Gasteiger partial charge in [0.1, 0.15) is 18.3 Å². The molecule has 2 heterocycles. The number of hydrogen-bond donors (Lipinski definition) is 0. The van der Waals surface area contributed by atoms with E-state index < -0.39 is 14.1 Å². The Morgan fingerprint density at radius 3 is 2.00 bits per heavy atom. The molecule has 0 unspecified atom stereocenters. The van der Waals surface area contributed by atoms with Gasteiger partial charge in [0.25, 0.3) is 8.32 Å². The SMILES string of the molecule is CC1(C)O[C@H]2[C@H](C=CO[C@@H]2CO[Si](c2ccccc2)(c2ccccc2)C(C)(C)C)O1. The molecule has 4 nitrogen and oxygen atoms in total. The van der Waals surface area contributed by atoms with Crippen LogP contribution in [0.25, 0.3) is 0 Å². The Bertz CT molecular complexity index is 834. The van der Waals surface area contributed by atoms with E-state index in [1.807, 2.05) is 19.9 Å². The molecule has 3 atom stereocenters. The Kier molecular flexibility index (Phi) is 5.66. The van der Waals surface area contributed by atoms with Crippen LogP contribution in [0, 0.1) is 0 Å². The Morgan fingerprint density at radius 1 is 0.900 bits per heavy atom. The maximum Gasteiger partial charge on any atom is 0.261 e. The first-order valence-corrected chi connectivity index (χ1v) is 12.6. The van der Waals surface area contributed by atoms with Gasteiger partial charge in [0.05, 0.1) is 12.9 Å². The average molecular weight is 425 g/mol. The highest BCUT2D eigenvalue weighted by atomic mass is 28.4. The summed E-state index contributed by atoms with van der Waals surface area (Å²) < 4.78 is 25.2. The molecule has 2 aliphatic rings. The molecule has 2 aromatic rings. The fraction of sp³-hybridized carbons (Fsp3) is 0.440. The van der Waals surface area contributed by atoms with Crippen LogP contribution in [-0.4, -0.2) is 39.0 Å². The van der Waals surface area contributed by atoms with Crippen molar-refractivity contribution in [1.29, 1.82) is 0 Å². The van der Waals surface area contributed by atoms with Crippen LogP contribution in [0.15, 0.2) is 73.0 Å². The molecule has 2 aliphatic heterocycles. The smallest absolute Gasteiger partial charge is 0.261 e. The molecule has 0 saturated carbocycles. The normalized spacial score (nSPS) is 25.6. The highest BCUT2D eigenvalue weighted by Crippen LogP contribution is 2.38. The molecule has 0 aliphatic carbocycles. The lowest BCUT2D eigenvalue weighted by Gasteiger charge is -2.44. The fourth-order valence-corrected chi connectivity index (χ4v) is 9.23. The highest BCUT2D eigenvalue weighted by molar-refractivity contribution is 6.99. The summed E-state index contributed by atoms with van der Waals surface area (Å²) in [6, 6.07) is 21.3. The molecule has 0 spiro atoms. The molecule has 1 fully saturated rings. The van der Waals surface area contributed by atoms with Crippen LogP contribution in [0.3, 0.4) is 0 Å². The lowest BCUT2D eigenvalue weighted by atomic mass is 10.1. The highest BCUT2D eigenvalue weighted by Gasteiger charge is 2.52. The van der Waals surface area contributed by atoms with Gasteiger partial charge in [0.2, 0.25) is 0 Å². The van der Waals surface area contributed by atoms with Gasteiger partial charge in [-0.1, -0.05) is 81.4 Å². The first-order chi connectivity index (χ1) is 14.2. The van der Waals surface area contributed by atoms with Crippen molar-refractivity contribution >= 4 is 18.7 Å². The van der Waals surface area contributed by atoms with Crippen molar-refractivity contribution in [3.8, 4) is 0 Å². The molecule has 0 amide bonds. The van der Waals surface area contributed by atoms with Gasteiger partial charge >= 0.3 is 0 Å². The summed E-state index contributed by atoms with van der Waals surface area (Å²) in [6.07, 6.45) is 3.15. The zero-order valence-electron chi connectivity index (χ0n) is 18.5. The van der Waals surface area contributed by atoms with E-state index in [9.17, 15) is 0 Å². The van der Waals surface area contributed by atoms with Crippen LogP contribution < -0.4 is 10.4 Å². The first kappa shape index (κ1) is 21.3. The van der Waals surface area contributed by atoms with E-state index in [0.29, 0.717) is 6.61 Å². The zero-order valence-corrected chi connectivity index (χ0v) is 19.5. The second-order valence-corrected chi connectivity index (χ2v) is 13.8. The minimum absolute atomic E-state index is 0.0775. The third-order valence-electron chi connectivity index (χ3n) is 5.93. The molecule has 30 heavy (non-hydrogen) atoms. The largest absolute Gasteiger partial charge is 0.493 e. The molecule has 2 aromatic carbocycles. The van der Waals surface area contributed by atoms with Gasteiger partial charge < -0.3 is 18.6 Å². The minimum Gasteiger partial charge on any atom is -0.493 e. The third kappa shape index (κ3) is 3.87. The summed E-state index contributed by atoms with van der Waals surface area (Å²) in [6.45, 7) is 11.2. The minimum atomic E-state index is -2.61. The van der Waals surface area contributed by atoms with Crippen molar-refractivity contribution in [1.82, 2.24) is 0 Å². The van der Waals surface area contributed by atoms with Crippen molar-refractivity contribution in [2.45, 2.75) is 63.8 Å². The molecule has 4 rings (SSSR count). The number of hydrogen-bond acceptors (Lipinski definition) is 4. The van der Waals surface area contributed by atoms with Crippen LogP contribution in [0.5, 0.6) is 0 Å². The Morgan fingerprint density at radius 2 is 1.47 bits per heavy atom. The quantitative estimate of drug-likeness (QED) is 0.680.